The Balaban J connectivity index is 1.71. The molecule has 7 nitrogen and oxygen atoms in total. The molecule has 0 N–H and O–H groups in total. The lowest BCUT2D eigenvalue weighted by Gasteiger charge is -2.45. The van der Waals surface area contributed by atoms with Gasteiger partial charge in [-0.2, -0.15) is 0 Å². The summed E-state index contributed by atoms with van der Waals surface area (Å²) in [6.07, 6.45) is -0.256. The molecule has 0 saturated carbocycles. The maximum Gasteiger partial charge on any atom is 0.419 e. The Labute approximate surface area is 159 Å². The van der Waals surface area contributed by atoms with Crippen molar-refractivity contribution in [1.29, 1.82) is 0 Å². The number of aryl methyl sites for hydroxylation is 1. The molecule has 1 aliphatic rings. The van der Waals surface area contributed by atoms with Gasteiger partial charge in [-0.05, 0) is 52.3 Å². The highest BCUT2D eigenvalue weighted by Crippen LogP contribution is 2.23. The molecule has 0 spiro atoms. The van der Waals surface area contributed by atoms with Crippen LogP contribution in [0.3, 0.4) is 0 Å². The normalized spacial score (nSPS) is 21.6. The third-order valence-electron chi connectivity index (χ3n) is 5.26. The molecule has 1 amide bonds. The van der Waals surface area contributed by atoms with Crippen molar-refractivity contribution in [1.82, 2.24) is 14.4 Å². The van der Waals surface area contributed by atoms with Crippen LogP contribution >= 0.6 is 0 Å². The average Bonchev–Trinajstić information content (AvgIpc) is 2.84. The zero-order chi connectivity index (χ0) is 19.9. The molecule has 0 aliphatic carbocycles. The van der Waals surface area contributed by atoms with Crippen LogP contribution in [0.5, 0.6) is 0 Å². The minimum Gasteiger partial charge on any atom is -0.444 e. The molecule has 1 aromatic heterocycles. The quantitative estimate of drug-likeness (QED) is 0.807. The standard InChI is InChI=1S/C20H29N3O4/c1-13-14(2)23(19(25)27-20(3,4)5)10-9-22(13)12-15-7-8-16-17(11-15)26-18(24)21(16)6/h7-8,11,13-14H,9-10,12H2,1-6H3/t13-,14+/m1/s1. The van der Waals surface area contributed by atoms with Crippen LogP contribution in [0.4, 0.5) is 4.79 Å². The van der Waals surface area contributed by atoms with Gasteiger partial charge in [0, 0.05) is 38.8 Å². The lowest BCUT2D eigenvalue weighted by Crippen LogP contribution is -2.59. The van der Waals surface area contributed by atoms with Gasteiger partial charge in [0.05, 0.1) is 5.52 Å². The molecule has 0 unspecified atom stereocenters. The van der Waals surface area contributed by atoms with Gasteiger partial charge in [0.25, 0.3) is 0 Å². The second kappa shape index (κ2) is 7.03. The smallest absolute Gasteiger partial charge is 0.419 e. The molecule has 2 aromatic rings. The van der Waals surface area contributed by atoms with Gasteiger partial charge in [-0.1, -0.05) is 6.07 Å². The predicted molar refractivity (Wildman–Crippen MR) is 104 cm³/mol. The number of oxazole rings is 1. The monoisotopic (exact) mass is 375 g/mol. The lowest BCUT2D eigenvalue weighted by atomic mass is 10.0. The Morgan fingerprint density at radius 3 is 2.59 bits per heavy atom. The lowest BCUT2D eigenvalue weighted by molar-refractivity contribution is -0.0144. The summed E-state index contributed by atoms with van der Waals surface area (Å²) in [5.74, 6) is -0.352. The van der Waals surface area contributed by atoms with Crippen molar-refractivity contribution in [3.63, 3.8) is 0 Å². The Hall–Kier alpha value is -2.28. The molecule has 3 rings (SSSR count). The first-order valence-electron chi connectivity index (χ1n) is 9.39. The first kappa shape index (κ1) is 19.5. The third-order valence-corrected chi connectivity index (χ3v) is 5.26. The van der Waals surface area contributed by atoms with Gasteiger partial charge in [-0.15, -0.1) is 0 Å². The van der Waals surface area contributed by atoms with Crippen molar-refractivity contribution < 1.29 is 13.9 Å². The molecule has 2 atom stereocenters. The summed E-state index contributed by atoms with van der Waals surface area (Å²) in [5.41, 5.74) is 1.99. The van der Waals surface area contributed by atoms with Gasteiger partial charge in [0.1, 0.15) is 5.60 Å². The zero-order valence-electron chi connectivity index (χ0n) is 17.0. The topological polar surface area (TPSA) is 67.9 Å². The van der Waals surface area contributed by atoms with Gasteiger partial charge >= 0.3 is 11.8 Å². The van der Waals surface area contributed by atoms with Crippen LogP contribution in [0.25, 0.3) is 11.1 Å². The predicted octanol–water partition coefficient (Wildman–Crippen LogP) is 2.96. The molecule has 1 aromatic carbocycles. The summed E-state index contributed by atoms with van der Waals surface area (Å²) >= 11 is 0. The summed E-state index contributed by atoms with van der Waals surface area (Å²) in [7, 11) is 1.70. The van der Waals surface area contributed by atoms with E-state index >= 15 is 0 Å². The molecule has 27 heavy (non-hydrogen) atoms. The van der Waals surface area contributed by atoms with E-state index in [0.717, 1.165) is 24.2 Å². The number of benzene rings is 1. The molecule has 2 heterocycles. The first-order chi connectivity index (χ1) is 12.6. The average molecular weight is 375 g/mol. The van der Waals surface area contributed by atoms with Crippen LogP contribution in [0.1, 0.15) is 40.2 Å². The van der Waals surface area contributed by atoms with Crippen molar-refractivity contribution >= 4 is 17.2 Å². The Bertz CT molecular complexity index is 893. The number of carbonyl (C=O) groups excluding carboxylic acids is 1. The van der Waals surface area contributed by atoms with Crippen LogP contribution in [0.15, 0.2) is 27.4 Å². The number of ether oxygens (including phenoxy) is 1. The van der Waals surface area contributed by atoms with Crippen molar-refractivity contribution in [3.8, 4) is 0 Å². The highest BCUT2D eigenvalue weighted by atomic mass is 16.6. The van der Waals surface area contributed by atoms with E-state index in [1.165, 1.54) is 4.57 Å². The zero-order valence-corrected chi connectivity index (χ0v) is 17.0. The van der Waals surface area contributed by atoms with E-state index in [9.17, 15) is 9.59 Å². The first-order valence-corrected chi connectivity index (χ1v) is 9.39. The maximum absolute atomic E-state index is 12.5. The summed E-state index contributed by atoms with van der Waals surface area (Å²) in [6, 6.07) is 6.10. The number of aromatic nitrogens is 1. The van der Waals surface area contributed by atoms with E-state index in [1.807, 2.05) is 43.9 Å². The molecule has 0 bridgehead atoms. The number of piperazine rings is 1. The Morgan fingerprint density at radius 1 is 1.22 bits per heavy atom. The molecular formula is C20H29N3O4. The molecule has 148 valence electrons. The molecule has 0 radical (unpaired) electrons. The van der Waals surface area contributed by atoms with Crippen molar-refractivity contribution in [2.24, 2.45) is 7.05 Å². The summed E-state index contributed by atoms with van der Waals surface area (Å²) in [6.45, 7) is 12.0. The minimum absolute atomic E-state index is 0.0481. The van der Waals surface area contributed by atoms with E-state index in [-0.39, 0.29) is 23.9 Å². The second-order valence-corrected chi connectivity index (χ2v) is 8.35. The number of hydrogen-bond acceptors (Lipinski definition) is 5. The molecule has 1 fully saturated rings. The van der Waals surface area contributed by atoms with Crippen LogP contribution in [0, 0.1) is 0 Å². The van der Waals surface area contributed by atoms with Crippen molar-refractivity contribution in [2.75, 3.05) is 13.1 Å². The molecule has 1 saturated heterocycles. The largest absolute Gasteiger partial charge is 0.444 e. The fourth-order valence-corrected chi connectivity index (χ4v) is 3.52. The van der Waals surface area contributed by atoms with Gasteiger partial charge in [0.15, 0.2) is 5.58 Å². The van der Waals surface area contributed by atoms with Crippen molar-refractivity contribution in [2.45, 2.75) is 58.8 Å². The summed E-state index contributed by atoms with van der Waals surface area (Å²) < 4.78 is 12.3. The number of amides is 1. The highest BCUT2D eigenvalue weighted by Gasteiger charge is 2.35. The van der Waals surface area contributed by atoms with Gasteiger partial charge in [-0.25, -0.2) is 9.59 Å². The van der Waals surface area contributed by atoms with Crippen LogP contribution in [-0.4, -0.2) is 51.2 Å². The van der Waals surface area contributed by atoms with E-state index in [0.29, 0.717) is 12.1 Å². The fourth-order valence-electron chi connectivity index (χ4n) is 3.52. The fraction of sp³-hybridized carbons (Fsp3) is 0.600. The summed E-state index contributed by atoms with van der Waals surface area (Å²) in [5, 5.41) is 0. The molecular weight excluding hydrogens is 346 g/mol. The molecule has 1 aliphatic heterocycles. The number of fused-ring (bicyclic) bond motifs is 1. The van der Waals surface area contributed by atoms with E-state index in [4.69, 9.17) is 9.15 Å². The minimum atomic E-state index is -0.494. The van der Waals surface area contributed by atoms with Crippen LogP contribution < -0.4 is 5.76 Å². The van der Waals surface area contributed by atoms with E-state index in [2.05, 4.69) is 18.7 Å². The number of hydrogen-bond donors (Lipinski definition) is 0. The van der Waals surface area contributed by atoms with Gasteiger partial charge < -0.3 is 14.1 Å². The van der Waals surface area contributed by atoms with Crippen LogP contribution in [0.2, 0.25) is 0 Å². The van der Waals surface area contributed by atoms with Crippen LogP contribution in [-0.2, 0) is 18.3 Å². The number of nitrogens with zero attached hydrogens (tertiary/aromatic N) is 3. The van der Waals surface area contributed by atoms with E-state index < -0.39 is 5.60 Å². The Morgan fingerprint density at radius 2 is 1.93 bits per heavy atom. The number of carbonyl (C=O) groups is 1. The highest BCUT2D eigenvalue weighted by molar-refractivity contribution is 5.73. The summed E-state index contributed by atoms with van der Waals surface area (Å²) in [4.78, 5) is 28.3. The maximum atomic E-state index is 12.5. The van der Waals surface area contributed by atoms with Crippen molar-refractivity contribution in [3.05, 3.63) is 34.3 Å². The number of rotatable bonds is 2. The van der Waals surface area contributed by atoms with Gasteiger partial charge in [-0.3, -0.25) is 9.47 Å². The van der Waals surface area contributed by atoms with E-state index in [1.54, 1.807) is 7.05 Å². The Kier molecular flexibility index (Phi) is 5.08. The third kappa shape index (κ3) is 4.03. The SMILES string of the molecule is C[C@@H]1[C@H](C)N(C(=O)OC(C)(C)C)CCN1Cc1ccc2c(c1)oc(=O)n2C. The second-order valence-electron chi connectivity index (χ2n) is 8.35. The van der Waals surface area contributed by atoms with Gasteiger partial charge in [0.2, 0.25) is 0 Å². The molecule has 7 heteroatoms.